The maximum absolute atomic E-state index is 11.6. The molecule has 1 aliphatic heterocycles. The number of thioether (sulfide) groups is 1. The van der Waals surface area contributed by atoms with Crippen molar-refractivity contribution in [3.63, 3.8) is 0 Å². The molecule has 0 aromatic carbocycles. The van der Waals surface area contributed by atoms with Crippen molar-refractivity contribution < 1.29 is 9.90 Å². The molecule has 2 N–H and O–H groups in total. The smallest absolute Gasteiger partial charge is 0.339 e. The van der Waals surface area contributed by atoms with Crippen LogP contribution in [-0.2, 0) is 12.8 Å². The van der Waals surface area contributed by atoms with Gasteiger partial charge in [0.15, 0.2) is 5.82 Å². The highest BCUT2D eigenvalue weighted by Crippen LogP contribution is 2.37. The molecule has 1 aromatic heterocycles. The van der Waals surface area contributed by atoms with Crippen LogP contribution in [0.3, 0.4) is 0 Å². The summed E-state index contributed by atoms with van der Waals surface area (Å²) < 4.78 is 0.160. The molecule has 1 fully saturated rings. The maximum Gasteiger partial charge on any atom is 0.339 e. The highest BCUT2D eigenvalue weighted by atomic mass is 32.2. The quantitative estimate of drug-likeness (QED) is 0.841. The van der Waals surface area contributed by atoms with E-state index >= 15 is 0 Å². The molecule has 6 heteroatoms. The third-order valence-electron chi connectivity index (χ3n) is 3.99. The average Bonchev–Trinajstić information content (AvgIpc) is 2.90. The zero-order valence-electron chi connectivity index (χ0n) is 12.9. The number of carboxylic acids is 1. The topological polar surface area (TPSA) is 75.1 Å². The maximum atomic E-state index is 11.6. The Balaban J connectivity index is 2.28. The molecule has 21 heavy (non-hydrogen) atoms. The molecule has 1 saturated heterocycles. The van der Waals surface area contributed by atoms with Crippen molar-refractivity contribution >= 4 is 23.5 Å². The minimum Gasteiger partial charge on any atom is -0.478 e. The minimum absolute atomic E-state index is 0.160. The van der Waals surface area contributed by atoms with Gasteiger partial charge in [-0.05, 0) is 43.9 Å². The minimum atomic E-state index is -0.928. The number of carbonyl (C=O) groups is 1. The monoisotopic (exact) mass is 309 g/mol. The first-order valence-electron chi connectivity index (χ1n) is 7.50. The Hall–Kier alpha value is -1.30. The third kappa shape index (κ3) is 3.48. The van der Waals surface area contributed by atoms with Gasteiger partial charge in [0.2, 0.25) is 0 Å². The summed E-state index contributed by atoms with van der Waals surface area (Å²) in [4.78, 5) is 11.6. The lowest BCUT2D eigenvalue weighted by molar-refractivity contribution is 0.0696. The number of nitrogens with one attached hydrogen (secondary N) is 1. The first-order chi connectivity index (χ1) is 10.0. The normalized spacial score (nSPS) is 21.5. The lowest BCUT2D eigenvalue weighted by atomic mass is 10.0. The molecule has 0 bridgehead atoms. The summed E-state index contributed by atoms with van der Waals surface area (Å²) in [6, 6.07) is 0. The standard InChI is InChI=1S/C15H23N3O2S/c1-4-10-11(5-2)17-18-13(12(10)14(19)20)16-9-15(3)7-6-8-21-15/h4-9H2,1-3H3,(H,16,18)(H,19,20). The Morgan fingerprint density at radius 3 is 2.67 bits per heavy atom. The van der Waals surface area contributed by atoms with E-state index in [1.807, 2.05) is 25.6 Å². The molecule has 2 heterocycles. The number of hydrogen-bond acceptors (Lipinski definition) is 5. The Bertz CT molecular complexity index is 528. The number of aromatic carboxylic acids is 1. The van der Waals surface area contributed by atoms with Gasteiger partial charge in [-0.2, -0.15) is 16.9 Å². The molecular formula is C15H23N3O2S. The second-order valence-electron chi connectivity index (χ2n) is 5.62. The van der Waals surface area contributed by atoms with E-state index in [-0.39, 0.29) is 10.3 Å². The SMILES string of the molecule is CCc1nnc(NCC2(C)CCCS2)c(C(=O)O)c1CC. The van der Waals surface area contributed by atoms with Crippen LogP contribution < -0.4 is 5.32 Å². The summed E-state index contributed by atoms with van der Waals surface area (Å²) in [5, 5.41) is 21.1. The molecule has 0 amide bonds. The summed E-state index contributed by atoms with van der Waals surface area (Å²) in [7, 11) is 0. The summed E-state index contributed by atoms with van der Waals surface area (Å²) >= 11 is 1.94. The lowest BCUT2D eigenvalue weighted by Gasteiger charge is -2.24. The molecule has 0 spiro atoms. The van der Waals surface area contributed by atoms with Gasteiger partial charge in [0.1, 0.15) is 5.56 Å². The number of anilines is 1. The van der Waals surface area contributed by atoms with Gasteiger partial charge in [0, 0.05) is 11.3 Å². The van der Waals surface area contributed by atoms with Gasteiger partial charge in [-0.1, -0.05) is 13.8 Å². The van der Waals surface area contributed by atoms with Crippen LogP contribution in [0.5, 0.6) is 0 Å². The number of carboxylic acid groups (broad SMARTS) is 1. The number of aromatic nitrogens is 2. The number of rotatable bonds is 6. The van der Waals surface area contributed by atoms with Crippen LogP contribution in [-0.4, -0.2) is 38.3 Å². The molecule has 116 valence electrons. The second kappa shape index (κ2) is 6.64. The van der Waals surface area contributed by atoms with Crippen LogP contribution >= 0.6 is 11.8 Å². The van der Waals surface area contributed by atoms with E-state index in [2.05, 4.69) is 22.4 Å². The number of hydrogen-bond donors (Lipinski definition) is 2. The lowest BCUT2D eigenvalue weighted by Crippen LogP contribution is -2.28. The highest BCUT2D eigenvalue weighted by Gasteiger charge is 2.30. The fourth-order valence-corrected chi connectivity index (χ4v) is 4.02. The molecule has 1 aliphatic rings. The van der Waals surface area contributed by atoms with Gasteiger partial charge in [-0.25, -0.2) is 4.79 Å². The molecule has 5 nitrogen and oxygen atoms in total. The predicted octanol–water partition coefficient (Wildman–Crippen LogP) is 3.00. The first-order valence-corrected chi connectivity index (χ1v) is 8.49. The molecule has 1 unspecified atom stereocenters. The Labute approximate surface area is 129 Å². The number of aryl methyl sites for hydroxylation is 1. The molecule has 0 radical (unpaired) electrons. The summed E-state index contributed by atoms with van der Waals surface area (Å²) in [5.74, 6) is 0.651. The van der Waals surface area contributed by atoms with Gasteiger partial charge in [0.25, 0.3) is 0 Å². The van der Waals surface area contributed by atoms with Crippen molar-refractivity contribution in [2.75, 3.05) is 17.6 Å². The number of nitrogens with zero attached hydrogens (tertiary/aromatic N) is 2. The summed E-state index contributed by atoms with van der Waals surface area (Å²) in [6.07, 6.45) is 3.72. The van der Waals surface area contributed by atoms with E-state index in [9.17, 15) is 9.90 Å². The molecule has 1 aromatic rings. The van der Waals surface area contributed by atoms with Crippen LogP contribution in [0.15, 0.2) is 0 Å². The van der Waals surface area contributed by atoms with Crippen molar-refractivity contribution in [3.8, 4) is 0 Å². The fraction of sp³-hybridized carbons (Fsp3) is 0.667. The van der Waals surface area contributed by atoms with Gasteiger partial charge in [0.05, 0.1) is 5.69 Å². The Morgan fingerprint density at radius 1 is 1.38 bits per heavy atom. The van der Waals surface area contributed by atoms with Gasteiger partial charge in [-0.3, -0.25) is 0 Å². The van der Waals surface area contributed by atoms with E-state index in [0.29, 0.717) is 18.7 Å². The largest absolute Gasteiger partial charge is 0.478 e. The van der Waals surface area contributed by atoms with E-state index in [1.54, 1.807) is 0 Å². The molecule has 1 atom stereocenters. The molecular weight excluding hydrogens is 286 g/mol. The zero-order valence-corrected chi connectivity index (χ0v) is 13.7. The van der Waals surface area contributed by atoms with Crippen molar-refractivity contribution in [3.05, 3.63) is 16.8 Å². The van der Waals surface area contributed by atoms with E-state index in [0.717, 1.165) is 24.2 Å². The van der Waals surface area contributed by atoms with E-state index in [1.165, 1.54) is 12.2 Å². The van der Waals surface area contributed by atoms with Crippen molar-refractivity contribution in [1.29, 1.82) is 0 Å². The van der Waals surface area contributed by atoms with Crippen LogP contribution in [0.4, 0.5) is 5.82 Å². The van der Waals surface area contributed by atoms with Crippen LogP contribution in [0.2, 0.25) is 0 Å². The van der Waals surface area contributed by atoms with Gasteiger partial charge >= 0.3 is 5.97 Å². The van der Waals surface area contributed by atoms with Crippen LogP contribution in [0.1, 0.15) is 55.2 Å². The summed E-state index contributed by atoms with van der Waals surface area (Å²) in [5.41, 5.74) is 1.87. The van der Waals surface area contributed by atoms with Gasteiger partial charge in [-0.15, -0.1) is 5.10 Å². The van der Waals surface area contributed by atoms with Crippen molar-refractivity contribution in [2.24, 2.45) is 0 Å². The van der Waals surface area contributed by atoms with Crippen LogP contribution in [0, 0.1) is 0 Å². The summed E-state index contributed by atoms with van der Waals surface area (Å²) in [6.45, 7) is 6.87. The molecule has 0 saturated carbocycles. The zero-order chi connectivity index (χ0) is 15.5. The molecule has 2 rings (SSSR count). The average molecular weight is 309 g/mol. The predicted molar refractivity (Wildman–Crippen MR) is 86.3 cm³/mol. The highest BCUT2D eigenvalue weighted by molar-refractivity contribution is 8.00. The van der Waals surface area contributed by atoms with Crippen molar-refractivity contribution in [1.82, 2.24) is 10.2 Å². The molecule has 0 aliphatic carbocycles. The van der Waals surface area contributed by atoms with E-state index < -0.39 is 5.97 Å². The van der Waals surface area contributed by atoms with Gasteiger partial charge < -0.3 is 10.4 Å². The van der Waals surface area contributed by atoms with Crippen molar-refractivity contribution in [2.45, 2.75) is 51.2 Å². The Kier molecular flexibility index (Phi) is 5.08. The Morgan fingerprint density at radius 2 is 2.14 bits per heavy atom. The second-order valence-corrected chi connectivity index (χ2v) is 7.30. The van der Waals surface area contributed by atoms with Crippen LogP contribution in [0.25, 0.3) is 0 Å². The third-order valence-corrected chi connectivity index (χ3v) is 5.53. The van der Waals surface area contributed by atoms with E-state index in [4.69, 9.17) is 0 Å². The first kappa shape index (κ1) is 16.1. The fourth-order valence-electron chi connectivity index (χ4n) is 2.77.